The van der Waals surface area contributed by atoms with E-state index < -0.39 is 44.1 Å². The van der Waals surface area contributed by atoms with E-state index in [1.54, 1.807) is 38.2 Å². The van der Waals surface area contributed by atoms with Gasteiger partial charge in [0.15, 0.2) is 6.23 Å². The first-order valence-electron chi connectivity index (χ1n) is 17.6. The molecule has 2 amide bonds. The Labute approximate surface area is 308 Å². The van der Waals surface area contributed by atoms with Gasteiger partial charge >= 0.3 is 5.69 Å². The molecule has 2 aliphatic rings. The number of amides is 2. The highest BCUT2D eigenvalue weighted by molar-refractivity contribution is 6.99. The van der Waals surface area contributed by atoms with Gasteiger partial charge in [-0.1, -0.05) is 93.6 Å². The van der Waals surface area contributed by atoms with Crippen molar-refractivity contribution in [2.45, 2.75) is 57.3 Å². The van der Waals surface area contributed by atoms with Crippen LogP contribution >= 0.6 is 0 Å². The second-order valence-electron chi connectivity index (χ2n) is 14.3. The first-order chi connectivity index (χ1) is 25.3. The molecule has 0 bridgehead atoms. The number of rotatable bonds is 14. The summed E-state index contributed by atoms with van der Waals surface area (Å²) in [6.07, 6.45) is -2.84. The van der Waals surface area contributed by atoms with Gasteiger partial charge in [-0.15, -0.1) is 0 Å². The first kappa shape index (κ1) is 38.2. The molecule has 0 saturated carbocycles. The zero-order valence-electron chi connectivity index (χ0n) is 30.6. The third kappa shape index (κ3) is 7.62. The molecule has 0 radical (unpaired) electrons. The predicted octanol–water partition coefficient (Wildman–Crippen LogP) is 2.22. The van der Waals surface area contributed by atoms with Crippen LogP contribution in [0.15, 0.2) is 101 Å². The maximum atomic E-state index is 13.1. The summed E-state index contributed by atoms with van der Waals surface area (Å²) in [5.41, 5.74) is -0.172. The molecule has 1 fully saturated rings. The van der Waals surface area contributed by atoms with Crippen LogP contribution in [0.3, 0.4) is 0 Å². The van der Waals surface area contributed by atoms with Crippen molar-refractivity contribution in [1.29, 1.82) is 0 Å². The van der Waals surface area contributed by atoms with E-state index in [0.29, 0.717) is 11.1 Å². The SMILES string of the molecule is Cc1cn([C@@H]2O[C@H](CO[Si](c3ccccc3)(c3ccccc3)C(C)(C)C)[C@@H](O)[C@H]2OCCON(C)CCN2C(=O)c3ccccc3C2=O)c(=O)[nH]c1=O. The fourth-order valence-electron chi connectivity index (χ4n) is 7.13. The number of ether oxygens (including phenoxy) is 2. The Bertz CT molecular complexity index is 1960. The topological polar surface area (TPSA) is 153 Å². The van der Waals surface area contributed by atoms with E-state index in [1.165, 1.54) is 20.7 Å². The molecule has 280 valence electrons. The quantitative estimate of drug-likeness (QED) is 0.0852. The van der Waals surface area contributed by atoms with E-state index in [-0.39, 0.29) is 55.3 Å². The van der Waals surface area contributed by atoms with Crippen molar-refractivity contribution in [2.75, 3.05) is 40.0 Å². The molecule has 0 spiro atoms. The van der Waals surface area contributed by atoms with Crippen molar-refractivity contribution in [2.24, 2.45) is 0 Å². The number of aromatic amines is 1. The predicted molar refractivity (Wildman–Crippen MR) is 200 cm³/mol. The lowest BCUT2D eigenvalue weighted by Gasteiger charge is -2.43. The number of aryl methyl sites for hydroxylation is 1. The standard InChI is InChI=1S/C39H46N4O9Si/c1-26-24-43(38(48)40-34(26)45)37-33(49-22-23-50-41(5)20-21-42-35(46)29-18-12-13-19-30(29)36(42)47)32(44)31(52-37)25-51-53(39(2,3)4,27-14-8-6-9-15-27)28-16-10-7-11-17-28/h6-19,24,31-33,37,44H,20-23,25H2,1-5H3,(H,40,45,48)/t31-,32-,33-,37-/m1/s1. The van der Waals surface area contributed by atoms with Crippen LogP contribution < -0.4 is 21.6 Å². The lowest BCUT2D eigenvalue weighted by atomic mass is 10.1. The van der Waals surface area contributed by atoms with Crippen LogP contribution in [0, 0.1) is 6.92 Å². The number of aromatic nitrogens is 2. The van der Waals surface area contributed by atoms with Crippen LogP contribution in [0.2, 0.25) is 5.04 Å². The number of fused-ring (bicyclic) bond motifs is 1. The van der Waals surface area contributed by atoms with Gasteiger partial charge in [0, 0.05) is 31.9 Å². The minimum atomic E-state index is -3.00. The van der Waals surface area contributed by atoms with Crippen molar-refractivity contribution in [3.63, 3.8) is 0 Å². The van der Waals surface area contributed by atoms with Gasteiger partial charge in [-0.2, -0.15) is 5.06 Å². The Morgan fingerprint density at radius 2 is 1.43 bits per heavy atom. The number of benzene rings is 3. The molecule has 0 unspecified atom stereocenters. The van der Waals surface area contributed by atoms with Crippen molar-refractivity contribution >= 4 is 30.5 Å². The number of aliphatic hydroxyl groups excluding tert-OH is 1. The minimum absolute atomic E-state index is 0.00105. The molecule has 3 heterocycles. The van der Waals surface area contributed by atoms with E-state index in [0.717, 1.165) is 10.4 Å². The number of H-pyrrole nitrogens is 1. The average molecular weight is 743 g/mol. The lowest BCUT2D eigenvalue weighted by molar-refractivity contribution is -0.165. The maximum Gasteiger partial charge on any atom is 0.330 e. The number of nitrogens with one attached hydrogen (secondary N) is 1. The molecule has 2 N–H and O–H groups in total. The summed E-state index contributed by atoms with van der Waals surface area (Å²) < 4.78 is 20.8. The van der Waals surface area contributed by atoms with Gasteiger partial charge in [0.05, 0.1) is 30.9 Å². The number of hydroxylamine groups is 2. The van der Waals surface area contributed by atoms with Crippen LogP contribution in [0.5, 0.6) is 0 Å². The van der Waals surface area contributed by atoms with Crippen molar-refractivity contribution < 1.29 is 33.4 Å². The van der Waals surface area contributed by atoms with Gasteiger partial charge in [-0.05, 0) is 34.5 Å². The molecule has 1 saturated heterocycles. The first-order valence-corrected chi connectivity index (χ1v) is 19.6. The Morgan fingerprint density at radius 1 is 0.868 bits per heavy atom. The molecule has 3 aromatic carbocycles. The van der Waals surface area contributed by atoms with Gasteiger partial charge in [-0.3, -0.25) is 33.7 Å². The molecule has 4 atom stereocenters. The molecule has 14 heteroatoms. The van der Waals surface area contributed by atoms with Gasteiger partial charge in [0.25, 0.3) is 25.7 Å². The van der Waals surface area contributed by atoms with Crippen LogP contribution in [0.25, 0.3) is 0 Å². The van der Waals surface area contributed by atoms with Crippen LogP contribution in [0.1, 0.15) is 53.3 Å². The van der Waals surface area contributed by atoms with E-state index in [1.807, 2.05) is 36.4 Å². The average Bonchev–Trinajstić information content (AvgIpc) is 3.58. The smallest absolute Gasteiger partial charge is 0.330 e. The van der Waals surface area contributed by atoms with Gasteiger partial charge in [0.1, 0.15) is 18.3 Å². The largest absolute Gasteiger partial charge is 0.405 e. The highest BCUT2D eigenvalue weighted by atomic mass is 28.4. The molecule has 6 rings (SSSR count). The zero-order valence-corrected chi connectivity index (χ0v) is 31.6. The summed E-state index contributed by atoms with van der Waals surface area (Å²) in [6, 6.07) is 26.9. The summed E-state index contributed by atoms with van der Waals surface area (Å²) >= 11 is 0. The van der Waals surface area contributed by atoms with Crippen LogP contribution in [-0.2, 0) is 18.7 Å². The number of nitrogens with zero attached hydrogens (tertiary/aromatic N) is 3. The van der Waals surface area contributed by atoms with Gasteiger partial charge in [0.2, 0.25) is 0 Å². The molecule has 4 aromatic rings. The second kappa shape index (κ2) is 15.8. The Balaban J connectivity index is 1.16. The van der Waals surface area contributed by atoms with Crippen LogP contribution in [-0.4, -0.2) is 103 Å². The Morgan fingerprint density at radius 3 is 2.00 bits per heavy atom. The number of carbonyl (C=O) groups is 2. The monoisotopic (exact) mass is 742 g/mol. The second-order valence-corrected chi connectivity index (χ2v) is 18.6. The van der Waals surface area contributed by atoms with Crippen LogP contribution in [0.4, 0.5) is 0 Å². The molecular weight excluding hydrogens is 697 g/mol. The Hall–Kier alpha value is -4.54. The highest BCUT2D eigenvalue weighted by Gasteiger charge is 2.53. The molecule has 53 heavy (non-hydrogen) atoms. The molecule has 0 aliphatic carbocycles. The van der Waals surface area contributed by atoms with E-state index >= 15 is 0 Å². The van der Waals surface area contributed by atoms with Gasteiger partial charge in [-0.25, -0.2) is 4.79 Å². The van der Waals surface area contributed by atoms with E-state index in [9.17, 15) is 24.3 Å². The van der Waals surface area contributed by atoms with Crippen molar-refractivity contribution in [3.8, 4) is 0 Å². The number of carbonyl (C=O) groups excluding carboxylic acids is 2. The molecule has 2 aliphatic heterocycles. The number of likely N-dealkylation sites (N-methyl/N-ethyl adjacent to an activating group) is 1. The summed E-state index contributed by atoms with van der Waals surface area (Å²) in [6.45, 7) is 8.46. The summed E-state index contributed by atoms with van der Waals surface area (Å²) in [5, 5.41) is 15.0. The number of aliphatic hydroxyl groups is 1. The number of imide groups is 1. The zero-order chi connectivity index (χ0) is 37.9. The van der Waals surface area contributed by atoms with Crippen molar-refractivity contribution in [1.82, 2.24) is 19.5 Å². The van der Waals surface area contributed by atoms with E-state index in [4.69, 9.17) is 18.7 Å². The molecule has 1 aromatic heterocycles. The third-order valence-corrected chi connectivity index (χ3v) is 14.8. The highest BCUT2D eigenvalue weighted by Crippen LogP contribution is 2.38. The number of hydrogen-bond donors (Lipinski definition) is 2. The molecular formula is C39H46N4O9Si. The fraction of sp³-hybridized carbons (Fsp3) is 0.385. The van der Waals surface area contributed by atoms with Crippen molar-refractivity contribution in [3.05, 3.63) is 129 Å². The fourth-order valence-corrected chi connectivity index (χ4v) is 11.7. The van der Waals surface area contributed by atoms with E-state index in [2.05, 4.69) is 50.0 Å². The summed E-state index contributed by atoms with van der Waals surface area (Å²) in [7, 11) is -1.33. The third-order valence-electron chi connectivity index (χ3n) is 9.84. The Kier molecular flexibility index (Phi) is 11.4. The summed E-state index contributed by atoms with van der Waals surface area (Å²) in [5.74, 6) is -0.686. The lowest BCUT2D eigenvalue weighted by Crippen LogP contribution is -2.67. The minimum Gasteiger partial charge on any atom is -0.405 e. The molecule has 13 nitrogen and oxygen atoms in total. The normalized spacial score (nSPS) is 20.4. The summed E-state index contributed by atoms with van der Waals surface area (Å²) in [4.78, 5) is 60.1. The maximum absolute atomic E-state index is 13.1. The number of hydrogen-bond acceptors (Lipinski definition) is 10. The van der Waals surface area contributed by atoms with Gasteiger partial charge < -0.3 is 19.0 Å².